The van der Waals surface area contributed by atoms with E-state index in [1.54, 1.807) is 18.2 Å². The standard InChI is InChI=1S/C23H20F2N2O4/c24-14-5-6-18-16(13-14)21(28)19-20(15-3-1-2-4-17(15)25)27(23(29)22(19)31-18)8-7-26-9-11-30-12-10-26/h1-6,13,20H,7-12H2/t20-/m1/s1. The summed E-state index contributed by atoms with van der Waals surface area (Å²) in [6.45, 7) is 3.53. The molecule has 0 bridgehead atoms. The molecule has 1 amide bonds. The molecule has 2 aromatic carbocycles. The second-order valence-corrected chi connectivity index (χ2v) is 7.69. The van der Waals surface area contributed by atoms with Crippen LogP contribution in [0.15, 0.2) is 51.7 Å². The molecule has 1 aromatic heterocycles. The molecular formula is C23H20F2N2O4. The molecule has 6 nitrogen and oxygen atoms in total. The predicted molar refractivity (Wildman–Crippen MR) is 109 cm³/mol. The zero-order valence-electron chi connectivity index (χ0n) is 16.6. The maximum Gasteiger partial charge on any atom is 0.290 e. The number of halogens is 2. The summed E-state index contributed by atoms with van der Waals surface area (Å²) in [7, 11) is 0. The number of fused-ring (bicyclic) bond motifs is 2. The molecule has 0 aliphatic carbocycles. The Morgan fingerprint density at radius 2 is 1.77 bits per heavy atom. The van der Waals surface area contributed by atoms with E-state index < -0.39 is 29.0 Å². The minimum atomic E-state index is -0.936. The zero-order valence-corrected chi connectivity index (χ0v) is 16.6. The van der Waals surface area contributed by atoms with Crippen molar-refractivity contribution in [1.82, 2.24) is 9.80 Å². The maximum atomic E-state index is 14.8. The third kappa shape index (κ3) is 3.41. The number of rotatable bonds is 4. The molecule has 3 heterocycles. The highest BCUT2D eigenvalue weighted by Crippen LogP contribution is 2.38. The Bertz CT molecular complexity index is 1220. The van der Waals surface area contributed by atoms with Gasteiger partial charge in [0.2, 0.25) is 5.76 Å². The van der Waals surface area contributed by atoms with Gasteiger partial charge < -0.3 is 14.1 Å². The normalized spacial score (nSPS) is 19.2. The van der Waals surface area contributed by atoms with Crippen LogP contribution in [0.4, 0.5) is 8.78 Å². The van der Waals surface area contributed by atoms with Crippen molar-refractivity contribution in [2.24, 2.45) is 0 Å². The number of ether oxygens (including phenoxy) is 1. The Hall–Kier alpha value is -3.10. The molecule has 0 unspecified atom stereocenters. The summed E-state index contributed by atoms with van der Waals surface area (Å²) < 4.78 is 39.7. The number of amides is 1. The number of hydrogen-bond donors (Lipinski definition) is 0. The van der Waals surface area contributed by atoms with Gasteiger partial charge in [0.25, 0.3) is 5.91 Å². The molecule has 5 rings (SSSR count). The molecule has 2 aliphatic rings. The van der Waals surface area contributed by atoms with Crippen molar-refractivity contribution < 1.29 is 22.7 Å². The summed E-state index contributed by atoms with van der Waals surface area (Å²) in [6.07, 6.45) is 0. The fraction of sp³-hybridized carbons (Fsp3) is 0.304. The van der Waals surface area contributed by atoms with Crippen molar-refractivity contribution in [3.05, 3.63) is 81.2 Å². The molecule has 0 radical (unpaired) electrons. The van der Waals surface area contributed by atoms with E-state index in [2.05, 4.69) is 4.90 Å². The van der Waals surface area contributed by atoms with Gasteiger partial charge in [-0.15, -0.1) is 0 Å². The number of carbonyl (C=O) groups is 1. The van der Waals surface area contributed by atoms with Gasteiger partial charge in [-0.05, 0) is 24.3 Å². The predicted octanol–water partition coefficient (Wildman–Crippen LogP) is 2.95. The second-order valence-electron chi connectivity index (χ2n) is 7.69. The monoisotopic (exact) mass is 426 g/mol. The van der Waals surface area contributed by atoms with E-state index in [-0.39, 0.29) is 34.4 Å². The van der Waals surface area contributed by atoms with Crippen molar-refractivity contribution >= 4 is 16.9 Å². The average Bonchev–Trinajstić information content (AvgIpc) is 3.06. The van der Waals surface area contributed by atoms with Crippen molar-refractivity contribution in [2.75, 3.05) is 39.4 Å². The maximum absolute atomic E-state index is 14.8. The minimum absolute atomic E-state index is 0.0305. The SMILES string of the molecule is O=C1c2oc3ccc(F)cc3c(=O)c2[C@@H](c2ccccc2F)N1CCN1CCOCC1. The summed E-state index contributed by atoms with van der Waals surface area (Å²) >= 11 is 0. The molecule has 2 aliphatic heterocycles. The van der Waals surface area contributed by atoms with Crippen LogP contribution in [-0.2, 0) is 4.74 Å². The molecule has 0 spiro atoms. The first-order valence-corrected chi connectivity index (χ1v) is 10.2. The van der Waals surface area contributed by atoms with Crippen LogP contribution in [0.25, 0.3) is 11.0 Å². The molecule has 1 atom stereocenters. The highest BCUT2D eigenvalue weighted by Gasteiger charge is 2.43. The summed E-state index contributed by atoms with van der Waals surface area (Å²) in [5, 5.41) is 0.0305. The van der Waals surface area contributed by atoms with Crippen LogP contribution in [0.3, 0.4) is 0 Å². The van der Waals surface area contributed by atoms with Crippen LogP contribution in [0, 0.1) is 11.6 Å². The third-order valence-corrected chi connectivity index (χ3v) is 5.89. The summed E-state index contributed by atoms with van der Waals surface area (Å²) in [6, 6.07) is 8.69. The lowest BCUT2D eigenvalue weighted by Crippen LogP contribution is -2.42. The van der Waals surface area contributed by atoms with Crippen LogP contribution in [0.2, 0.25) is 0 Å². The molecular weight excluding hydrogens is 406 g/mol. The van der Waals surface area contributed by atoms with Crippen LogP contribution in [-0.4, -0.2) is 55.1 Å². The van der Waals surface area contributed by atoms with Crippen LogP contribution in [0.1, 0.15) is 27.7 Å². The largest absolute Gasteiger partial charge is 0.450 e. The van der Waals surface area contributed by atoms with Gasteiger partial charge in [-0.2, -0.15) is 0 Å². The fourth-order valence-corrected chi connectivity index (χ4v) is 4.32. The van der Waals surface area contributed by atoms with E-state index in [0.717, 1.165) is 19.2 Å². The molecule has 0 N–H and O–H groups in total. The molecule has 8 heteroatoms. The highest BCUT2D eigenvalue weighted by molar-refractivity contribution is 5.99. The van der Waals surface area contributed by atoms with E-state index in [4.69, 9.17) is 9.15 Å². The smallest absolute Gasteiger partial charge is 0.290 e. The number of benzene rings is 2. The van der Waals surface area contributed by atoms with Crippen molar-refractivity contribution in [3.8, 4) is 0 Å². The van der Waals surface area contributed by atoms with Crippen LogP contribution < -0.4 is 5.43 Å². The highest BCUT2D eigenvalue weighted by atomic mass is 19.1. The Balaban J connectivity index is 1.63. The first-order valence-electron chi connectivity index (χ1n) is 10.2. The van der Waals surface area contributed by atoms with Gasteiger partial charge in [-0.3, -0.25) is 14.5 Å². The molecule has 3 aromatic rings. The van der Waals surface area contributed by atoms with Gasteiger partial charge in [0.05, 0.1) is 30.2 Å². The first kappa shape index (κ1) is 19.8. The Kier molecular flexibility index (Phi) is 5.03. The minimum Gasteiger partial charge on any atom is -0.450 e. The van der Waals surface area contributed by atoms with Gasteiger partial charge >= 0.3 is 0 Å². The molecule has 1 fully saturated rings. The molecule has 0 saturated carbocycles. The fourth-order valence-electron chi connectivity index (χ4n) is 4.32. The lowest BCUT2D eigenvalue weighted by atomic mass is 9.98. The molecule has 160 valence electrons. The quantitative estimate of drug-likeness (QED) is 0.642. The summed E-state index contributed by atoms with van der Waals surface area (Å²) in [5.74, 6) is -1.70. The van der Waals surface area contributed by atoms with Crippen LogP contribution >= 0.6 is 0 Å². The lowest BCUT2D eigenvalue weighted by Gasteiger charge is -2.31. The Morgan fingerprint density at radius 1 is 1.00 bits per heavy atom. The van der Waals surface area contributed by atoms with Gasteiger partial charge in [0.1, 0.15) is 17.2 Å². The number of hydrogen-bond acceptors (Lipinski definition) is 5. The van der Waals surface area contributed by atoms with E-state index in [1.165, 1.54) is 23.1 Å². The summed E-state index contributed by atoms with van der Waals surface area (Å²) in [4.78, 5) is 30.2. The van der Waals surface area contributed by atoms with Crippen molar-refractivity contribution in [3.63, 3.8) is 0 Å². The number of carbonyl (C=O) groups excluding carboxylic acids is 1. The Labute approximate surface area is 176 Å². The molecule has 31 heavy (non-hydrogen) atoms. The van der Waals surface area contributed by atoms with Crippen LogP contribution in [0.5, 0.6) is 0 Å². The Morgan fingerprint density at radius 3 is 2.55 bits per heavy atom. The van der Waals surface area contributed by atoms with Gasteiger partial charge in [0, 0.05) is 31.7 Å². The third-order valence-electron chi connectivity index (χ3n) is 5.89. The summed E-state index contributed by atoms with van der Waals surface area (Å²) in [5.41, 5.74) is -0.137. The van der Waals surface area contributed by atoms with Gasteiger partial charge in [-0.1, -0.05) is 18.2 Å². The first-order chi connectivity index (χ1) is 15.0. The average molecular weight is 426 g/mol. The van der Waals surface area contributed by atoms with E-state index in [1.807, 2.05) is 0 Å². The van der Waals surface area contributed by atoms with E-state index >= 15 is 0 Å². The van der Waals surface area contributed by atoms with E-state index in [9.17, 15) is 18.4 Å². The molecule has 1 saturated heterocycles. The van der Waals surface area contributed by atoms with Gasteiger partial charge in [-0.25, -0.2) is 8.78 Å². The lowest BCUT2D eigenvalue weighted by molar-refractivity contribution is 0.0314. The number of morpholine rings is 1. The second kappa shape index (κ2) is 7.86. The van der Waals surface area contributed by atoms with Gasteiger partial charge in [0.15, 0.2) is 5.43 Å². The van der Waals surface area contributed by atoms with Crippen molar-refractivity contribution in [1.29, 1.82) is 0 Å². The van der Waals surface area contributed by atoms with E-state index in [0.29, 0.717) is 19.8 Å². The topological polar surface area (TPSA) is 63.0 Å². The number of nitrogens with zero attached hydrogens (tertiary/aromatic N) is 2. The zero-order chi connectivity index (χ0) is 21.5. The van der Waals surface area contributed by atoms with Crippen molar-refractivity contribution in [2.45, 2.75) is 6.04 Å².